The minimum absolute atomic E-state index is 0.0319. The van der Waals surface area contributed by atoms with Gasteiger partial charge in [0.05, 0.1) is 16.1 Å². The predicted octanol–water partition coefficient (Wildman–Crippen LogP) is 4.65. The molecule has 0 heterocycles. The van der Waals surface area contributed by atoms with E-state index in [1.54, 1.807) is 24.3 Å². The molecule has 1 N–H and O–H groups in total. The van der Waals surface area contributed by atoms with E-state index < -0.39 is 21.7 Å². The van der Waals surface area contributed by atoms with Crippen molar-refractivity contribution in [3.63, 3.8) is 0 Å². The molecule has 0 bridgehead atoms. The molecule has 0 radical (unpaired) electrons. The standard InChI is InChI=1S/C23H15BrN4O7/c24-18-6-4-16(5-7-18)23(30)26-25-14-17-13-20(28(33)34)10-11-21(17)35-22(29)12-3-15-1-8-19(9-2-15)27(31)32/h1-14H,(H,26,30)/b12-3+,25-14+. The maximum Gasteiger partial charge on any atom is 0.336 e. The second-order valence-electron chi connectivity index (χ2n) is 6.79. The Labute approximate surface area is 206 Å². The quantitative estimate of drug-likeness (QED) is 0.109. The van der Waals surface area contributed by atoms with E-state index in [9.17, 15) is 29.8 Å². The Morgan fingerprint density at radius 1 is 0.914 bits per heavy atom. The highest BCUT2D eigenvalue weighted by atomic mass is 79.9. The van der Waals surface area contributed by atoms with E-state index in [1.165, 1.54) is 36.4 Å². The van der Waals surface area contributed by atoms with E-state index in [4.69, 9.17) is 4.74 Å². The van der Waals surface area contributed by atoms with E-state index in [2.05, 4.69) is 26.5 Å². The summed E-state index contributed by atoms with van der Waals surface area (Å²) in [6, 6.07) is 15.5. The Balaban J connectivity index is 1.73. The predicted molar refractivity (Wildman–Crippen MR) is 130 cm³/mol. The van der Waals surface area contributed by atoms with Crippen molar-refractivity contribution in [1.29, 1.82) is 0 Å². The number of nitrogens with zero attached hydrogens (tertiary/aromatic N) is 3. The zero-order chi connectivity index (χ0) is 25.4. The maximum atomic E-state index is 12.3. The van der Waals surface area contributed by atoms with Gasteiger partial charge in [-0.15, -0.1) is 0 Å². The van der Waals surface area contributed by atoms with Crippen LogP contribution in [0.5, 0.6) is 5.75 Å². The number of carbonyl (C=O) groups is 2. The minimum atomic E-state index is -0.800. The van der Waals surface area contributed by atoms with Crippen LogP contribution in [0.15, 0.2) is 82.4 Å². The van der Waals surface area contributed by atoms with Crippen molar-refractivity contribution >= 4 is 51.5 Å². The first-order valence-electron chi connectivity index (χ1n) is 9.74. The summed E-state index contributed by atoms with van der Waals surface area (Å²) < 4.78 is 6.05. The van der Waals surface area contributed by atoms with Crippen LogP contribution in [0.25, 0.3) is 6.08 Å². The van der Waals surface area contributed by atoms with Gasteiger partial charge < -0.3 is 4.74 Å². The van der Waals surface area contributed by atoms with Crippen molar-refractivity contribution in [3.8, 4) is 5.75 Å². The van der Waals surface area contributed by atoms with E-state index in [-0.39, 0.29) is 22.7 Å². The summed E-state index contributed by atoms with van der Waals surface area (Å²) in [6.45, 7) is 0. The summed E-state index contributed by atoms with van der Waals surface area (Å²) in [5, 5.41) is 25.6. The fourth-order valence-corrected chi connectivity index (χ4v) is 2.95. The molecule has 0 atom stereocenters. The number of non-ortho nitro benzene ring substituents is 2. The van der Waals surface area contributed by atoms with Crippen molar-refractivity contribution < 1.29 is 24.2 Å². The van der Waals surface area contributed by atoms with Gasteiger partial charge in [-0.1, -0.05) is 15.9 Å². The van der Waals surface area contributed by atoms with Gasteiger partial charge in [0.15, 0.2) is 0 Å². The number of rotatable bonds is 8. The molecule has 0 aliphatic carbocycles. The van der Waals surface area contributed by atoms with E-state index in [1.807, 2.05) is 0 Å². The molecule has 0 spiro atoms. The fourth-order valence-electron chi connectivity index (χ4n) is 2.68. The molecule has 0 unspecified atom stereocenters. The molecule has 0 saturated carbocycles. The van der Waals surface area contributed by atoms with E-state index in [0.29, 0.717) is 11.1 Å². The Bertz CT molecular complexity index is 1340. The molecule has 0 saturated heterocycles. The average Bonchev–Trinajstić information content (AvgIpc) is 2.84. The molecule has 3 rings (SSSR count). The van der Waals surface area contributed by atoms with E-state index in [0.717, 1.165) is 28.9 Å². The van der Waals surface area contributed by atoms with Crippen LogP contribution in [-0.4, -0.2) is 27.9 Å². The maximum absolute atomic E-state index is 12.3. The van der Waals surface area contributed by atoms with Gasteiger partial charge in [0.2, 0.25) is 0 Å². The Kier molecular flexibility index (Phi) is 8.14. The first kappa shape index (κ1) is 24.9. The lowest BCUT2D eigenvalue weighted by atomic mass is 10.2. The van der Waals surface area contributed by atoms with Gasteiger partial charge >= 0.3 is 5.97 Å². The molecule has 0 aliphatic rings. The third kappa shape index (κ3) is 7.14. The number of amides is 1. The monoisotopic (exact) mass is 538 g/mol. The van der Waals surface area contributed by atoms with E-state index >= 15 is 0 Å². The molecular formula is C23H15BrN4O7. The molecule has 12 heteroatoms. The van der Waals surface area contributed by atoms with Crippen molar-refractivity contribution in [3.05, 3.63) is 114 Å². The molecule has 3 aromatic carbocycles. The highest BCUT2D eigenvalue weighted by Crippen LogP contribution is 2.23. The minimum Gasteiger partial charge on any atom is -0.423 e. The van der Waals surface area contributed by atoms with Crippen molar-refractivity contribution in [1.82, 2.24) is 5.43 Å². The molecule has 0 aliphatic heterocycles. The number of carbonyl (C=O) groups excluding carboxylic acids is 2. The number of hydrazone groups is 1. The summed E-state index contributed by atoms with van der Waals surface area (Å²) in [5.74, 6) is -1.34. The molecule has 0 fully saturated rings. The second kappa shape index (κ2) is 11.4. The fraction of sp³-hybridized carbons (Fsp3) is 0. The van der Waals surface area contributed by atoms with Gasteiger partial charge in [0.1, 0.15) is 5.75 Å². The smallest absolute Gasteiger partial charge is 0.336 e. The topological polar surface area (TPSA) is 154 Å². The number of halogens is 1. The van der Waals surface area contributed by atoms with Crippen LogP contribution in [0.3, 0.4) is 0 Å². The molecule has 0 aromatic heterocycles. The number of hydrogen-bond donors (Lipinski definition) is 1. The normalized spacial score (nSPS) is 10.9. The Hall–Kier alpha value is -4.71. The summed E-state index contributed by atoms with van der Waals surface area (Å²) in [4.78, 5) is 45.1. The average molecular weight is 539 g/mol. The molecule has 35 heavy (non-hydrogen) atoms. The van der Waals surface area contributed by atoms with Crippen LogP contribution >= 0.6 is 15.9 Å². The summed E-state index contributed by atoms with van der Waals surface area (Å²) in [7, 11) is 0. The van der Waals surface area contributed by atoms with Crippen molar-refractivity contribution in [2.45, 2.75) is 0 Å². The largest absolute Gasteiger partial charge is 0.423 e. The third-order valence-electron chi connectivity index (χ3n) is 4.41. The zero-order valence-electron chi connectivity index (χ0n) is 17.7. The summed E-state index contributed by atoms with van der Waals surface area (Å²) in [6.07, 6.45) is 3.61. The Morgan fingerprint density at radius 2 is 1.54 bits per heavy atom. The van der Waals surface area contributed by atoms with Crippen LogP contribution in [0.2, 0.25) is 0 Å². The second-order valence-corrected chi connectivity index (χ2v) is 7.70. The van der Waals surface area contributed by atoms with Crippen LogP contribution in [0, 0.1) is 20.2 Å². The summed E-state index contributed by atoms with van der Waals surface area (Å²) >= 11 is 3.27. The van der Waals surface area contributed by atoms with Gasteiger partial charge in [0.25, 0.3) is 17.3 Å². The van der Waals surface area contributed by atoms with Crippen LogP contribution in [0.4, 0.5) is 11.4 Å². The molecule has 11 nitrogen and oxygen atoms in total. The number of nitro groups is 2. The lowest BCUT2D eigenvalue weighted by Crippen LogP contribution is -2.17. The highest BCUT2D eigenvalue weighted by Gasteiger charge is 2.13. The van der Waals surface area contributed by atoms with Gasteiger partial charge in [-0.25, -0.2) is 10.2 Å². The Morgan fingerprint density at radius 3 is 2.17 bits per heavy atom. The lowest BCUT2D eigenvalue weighted by Gasteiger charge is -2.06. The number of ether oxygens (including phenoxy) is 1. The van der Waals surface area contributed by atoms with Crippen LogP contribution in [-0.2, 0) is 4.79 Å². The van der Waals surface area contributed by atoms with Crippen LogP contribution in [0.1, 0.15) is 21.5 Å². The summed E-state index contributed by atoms with van der Waals surface area (Å²) in [5.41, 5.74) is 2.87. The molecular weight excluding hydrogens is 524 g/mol. The van der Waals surface area contributed by atoms with Gasteiger partial charge in [-0.3, -0.25) is 25.0 Å². The van der Waals surface area contributed by atoms with Gasteiger partial charge in [-0.2, -0.15) is 5.10 Å². The molecule has 1 amide bonds. The molecule has 176 valence electrons. The van der Waals surface area contributed by atoms with Crippen molar-refractivity contribution in [2.24, 2.45) is 5.10 Å². The van der Waals surface area contributed by atoms with Gasteiger partial charge in [0, 0.05) is 45.9 Å². The van der Waals surface area contributed by atoms with Crippen molar-refractivity contribution in [2.75, 3.05) is 0 Å². The van der Waals surface area contributed by atoms with Gasteiger partial charge in [-0.05, 0) is 54.1 Å². The lowest BCUT2D eigenvalue weighted by molar-refractivity contribution is -0.385. The molecule has 3 aromatic rings. The number of hydrogen-bond acceptors (Lipinski definition) is 8. The zero-order valence-corrected chi connectivity index (χ0v) is 19.2. The first-order valence-corrected chi connectivity index (χ1v) is 10.5. The highest BCUT2D eigenvalue weighted by molar-refractivity contribution is 9.10. The number of benzene rings is 3. The number of nitrogens with one attached hydrogen (secondary N) is 1. The van der Waals surface area contributed by atoms with Crippen LogP contribution < -0.4 is 10.2 Å². The third-order valence-corrected chi connectivity index (χ3v) is 4.94. The number of esters is 1. The first-order chi connectivity index (χ1) is 16.7. The SMILES string of the molecule is O=C(/C=C/c1ccc([N+](=O)[O-])cc1)Oc1ccc([N+](=O)[O-])cc1/C=N/NC(=O)c1ccc(Br)cc1. The number of nitro benzene ring substituents is 2.